The van der Waals surface area contributed by atoms with E-state index >= 15 is 0 Å². The monoisotopic (exact) mass is 258 g/mol. The highest BCUT2D eigenvalue weighted by Gasteiger charge is 2.24. The van der Waals surface area contributed by atoms with Gasteiger partial charge in [-0.15, -0.1) is 0 Å². The van der Waals surface area contributed by atoms with E-state index in [0.29, 0.717) is 19.7 Å². The van der Waals surface area contributed by atoms with Crippen molar-refractivity contribution in [3.05, 3.63) is 0 Å². The molecule has 18 heavy (non-hydrogen) atoms. The molecule has 0 radical (unpaired) electrons. The molecule has 1 fully saturated rings. The van der Waals surface area contributed by atoms with Crippen molar-refractivity contribution in [1.29, 1.82) is 0 Å². The largest absolute Gasteiger partial charge is 0.481 e. The summed E-state index contributed by atoms with van der Waals surface area (Å²) in [5, 5.41) is 12.0. The van der Waals surface area contributed by atoms with Gasteiger partial charge in [0.1, 0.15) is 0 Å². The van der Waals surface area contributed by atoms with Crippen LogP contribution in [0.15, 0.2) is 0 Å². The number of ether oxygens (including phenoxy) is 1. The summed E-state index contributed by atoms with van der Waals surface area (Å²) in [6, 6.07) is 0.242. The standard InChI is InChI=1S/C12H22N2O4/c1-3-18-12(17)14-6-4-10(5-7-14)13-9(2)8-11(15)16/h9-10,13H,3-8H2,1-2H3,(H,15,16). The predicted octanol–water partition coefficient (Wildman–Crippen LogP) is 1.06. The molecule has 0 aromatic carbocycles. The quantitative estimate of drug-likeness (QED) is 0.771. The highest BCUT2D eigenvalue weighted by Crippen LogP contribution is 2.12. The number of hydrogen-bond donors (Lipinski definition) is 2. The third-order valence-corrected chi connectivity index (χ3v) is 3.02. The fraction of sp³-hybridized carbons (Fsp3) is 0.833. The molecule has 0 aliphatic carbocycles. The van der Waals surface area contributed by atoms with Crippen LogP contribution in [-0.2, 0) is 9.53 Å². The van der Waals surface area contributed by atoms with Crippen molar-refractivity contribution in [1.82, 2.24) is 10.2 Å². The number of aliphatic carboxylic acids is 1. The van der Waals surface area contributed by atoms with Gasteiger partial charge in [-0.25, -0.2) is 4.79 Å². The zero-order chi connectivity index (χ0) is 13.5. The molecule has 0 saturated carbocycles. The molecule has 0 aromatic rings. The molecule has 1 amide bonds. The summed E-state index contributed by atoms with van der Waals surface area (Å²) in [7, 11) is 0. The Bertz CT molecular complexity index is 288. The number of nitrogens with zero attached hydrogens (tertiary/aromatic N) is 1. The van der Waals surface area contributed by atoms with Gasteiger partial charge in [-0.2, -0.15) is 0 Å². The molecule has 6 heteroatoms. The Balaban J connectivity index is 2.26. The summed E-state index contributed by atoms with van der Waals surface area (Å²) in [5.74, 6) is -0.793. The number of likely N-dealkylation sites (tertiary alicyclic amines) is 1. The molecule has 0 bridgehead atoms. The Morgan fingerprint density at radius 3 is 2.56 bits per heavy atom. The molecule has 6 nitrogen and oxygen atoms in total. The number of carboxylic acids is 1. The second-order valence-corrected chi connectivity index (χ2v) is 4.63. The van der Waals surface area contributed by atoms with Gasteiger partial charge >= 0.3 is 12.1 Å². The molecule has 1 unspecified atom stereocenters. The summed E-state index contributed by atoms with van der Waals surface area (Å²) in [4.78, 5) is 23.7. The first-order valence-electron chi connectivity index (χ1n) is 6.42. The van der Waals surface area contributed by atoms with E-state index < -0.39 is 5.97 Å². The van der Waals surface area contributed by atoms with Crippen molar-refractivity contribution < 1.29 is 19.4 Å². The smallest absolute Gasteiger partial charge is 0.409 e. The number of piperidine rings is 1. The highest BCUT2D eigenvalue weighted by molar-refractivity contribution is 5.68. The van der Waals surface area contributed by atoms with E-state index in [0.717, 1.165) is 12.8 Å². The molecule has 1 aliphatic rings. The lowest BCUT2D eigenvalue weighted by molar-refractivity contribution is -0.137. The summed E-state index contributed by atoms with van der Waals surface area (Å²) in [6.45, 7) is 5.38. The maximum Gasteiger partial charge on any atom is 0.409 e. The lowest BCUT2D eigenvalue weighted by Gasteiger charge is -2.33. The third kappa shape index (κ3) is 4.91. The van der Waals surface area contributed by atoms with E-state index in [9.17, 15) is 9.59 Å². The van der Waals surface area contributed by atoms with Crippen LogP contribution < -0.4 is 5.32 Å². The Kier molecular flexibility index (Phi) is 5.91. The second kappa shape index (κ2) is 7.20. The number of carbonyl (C=O) groups is 2. The topological polar surface area (TPSA) is 78.9 Å². The van der Waals surface area contributed by atoms with Gasteiger partial charge in [-0.3, -0.25) is 4.79 Å². The molecule has 2 N–H and O–H groups in total. The van der Waals surface area contributed by atoms with Gasteiger partial charge in [-0.05, 0) is 26.7 Å². The molecule has 104 valence electrons. The van der Waals surface area contributed by atoms with E-state index in [1.165, 1.54) is 0 Å². The SMILES string of the molecule is CCOC(=O)N1CCC(NC(C)CC(=O)O)CC1. The first-order chi connectivity index (χ1) is 8.52. The van der Waals surface area contributed by atoms with Crippen molar-refractivity contribution in [3.63, 3.8) is 0 Å². The fourth-order valence-corrected chi connectivity index (χ4v) is 2.17. The lowest BCUT2D eigenvalue weighted by Crippen LogP contribution is -2.47. The van der Waals surface area contributed by atoms with Crippen LogP contribution >= 0.6 is 0 Å². The van der Waals surface area contributed by atoms with Crippen LogP contribution in [0.1, 0.15) is 33.1 Å². The minimum absolute atomic E-state index is 0.0401. The van der Waals surface area contributed by atoms with Gasteiger partial charge in [0, 0.05) is 25.2 Å². The van der Waals surface area contributed by atoms with Crippen molar-refractivity contribution in [2.75, 3.05) is 19.7 Å². The van der Waals surface area contributed by atoms with Crippen molar-refractivity contribution >= 4 is 12.1 Å². The third-order valence-electron chi connectivity index (χ3n) is 3.02. The van der Waals surface area contributed by atoms with Crippen molar-refractivity contribution in [3.8, 4) is 0 Å². The molecular weight excluding hydrogens is 236 g/mol. The number of nitrogens with one attached hydrogen (secondary N) is 1. The second-order valence-electron chi connectivity index (χ2n) is 4.63. The number of amides is 1. The molecule has 1 rings (SSSR count). The van der Waals surface area contributed by atoms with Crippen LogP contribution in [0, 0.1) is 0 Å². The first kappa shape index (κ1) is 14.8. The van der Waals surface area contributed by atoms with Crippen molar-refractivity contribution in [2.45, 2.75) is 45.2 Å². The molecule has 1 heterocycles. The minimum Gasteiger partial charge on any atom is -0.481 e. The van der Waals surface area contributed by atoms with Crippen LogP contribution in [0.3, 0.4) is 0 Å². The number of hydrogen-bond acceptors (Lipinski definition) is 4. The van der Waals surface area contributed by atoms with E-state index in [4.69, 9.17) is 9.84 Å². The highest BCUT2D eigenvalue weighted by atomic mass is 16.6. The summed E-state index contributed by atoms with van der Waals surface area (Å²) >= 11 is 0. The summed E-state index contributed by atoms with van der Waals surface area (Å²) in [6.07, 6.45) is 1.54. The van der Waals surface area contributed by atoms with E-state index in [1.807, 2.05) is 6.92 Å². The number of rotatable bonds is 5. The first-order valence-corrected chi connectivity index (χ1v) is 6.42. The molecule has 0 aromatic heterocycles. The number of carbonyl (C=O) groups excluding carboxylic acids is 1. The average Bonchev–Trinajstić information content (AvgIpc) is 2.29. The Morgan fingerprint density at radius 1 is 1.44 bits per heavy atom. The normalized spacial score (nSPS) is 18.4. The Morgan fingerprint density at radius 2 is 2.06 bits per heavy atom. The van der Waals surface area contributed by atoms with Gasteiger partial charge in [0.05, 0.1) is 13.0 Å². The van der Waals surface area contributed by atoms with Gasteiger partial charge in [-0.1, -0.05) is 0 Å². The van der Waals surface area contributed by atoms with Crippen molar-refractivity contribution in [2.24, 2.45) is 0 Å². The Hall–Kier alpha value is -1.30. The molecule has 0 spiro atoms. The average molecular weight is 258 g/mol. The zero-order valence-corrected chi connectivity index (χ0v) is 11.0. The molecular formula is C12H22N2O4. The Labute approximate surface area is 107 Å². The van der Waals surface area contributed by atoms with Gasteiger partial charge < -0.3 is 20.1 Å². The van der Waals surface area contributed by atoms with E-state index in [2.05, 4.69) is 5.32 Å². The maximum atomic E-state index is 11.5. The van der Waals surface area contributed by atoms with Crippen LogP contribution in [0.2, 0.25) is 0 Å². The molecule has 1 atom stereocenters. The van der Waals surface area contributed by atoms with E-state index in [1.54, 1.807) is 11.8 Å². The summed E-state index contributed by atoms with van der Waals surface area (Å²) < 4.78 is 4.94. The maximum absolute atomic E-state index is 11.5. The van der Waals surface area contributed by atoms with Crippen LogP contribution in [-0.4, -0.2) is 53.8 Å². The van der Waals surface area contributed by atoms with Crippen LogP contribution in [0.5, 0.6) is 0 Å². The zero-order valence-electron chi connectivity index (χ0n) is 11.0. The number of carboxylic acid groups (broad SMARTS) is 1. The van der Waals surface area contributed by atoms with E-state index in [-0.39, 0.29) is 24.6 Å². The van der Waals surface area contributed by atoms with Gasteiger partial charge in [0.2, 0.25) is 0 Å². The predicted molar refractivity (Wildman–Crippen MR) is 66.5 cm³/mol. The molecule has 1 saturated heterocycles. The fourth-order valence-electron chi connectivity index (χ4n) is 2.17. The van der Waals surface area contributed by atoms with Crippen LogP contribution in [0.4, 0.5) is 4.79 Å². The minimum atomic E-state index is -0.793. The van der Waals surface area contributed by atoms with Crippen LogP contribution in [0.25, 0.3) is 0 Å². The summed E-state index contributed by atoms with van der Waals surface area (Å²) in [5.41, 5.74) is 0. The van der Waals surface area contributed by atoms with Gasteiger partial charge in [0.15, 0.2) is 0 Å². The lowest BCUT2D eigenvalue weighted by atomic mass is 10.0. The van der Waals surface area contributed by atoms with Gasteiger partial charge in [0.25, 0.3) is 0 Å². The molecule has 1 aliphatic heterocycles.